The zero-order valence-corrected chi connectivity index (χ0v) is 14.8. The van der Waals surface area contributed by atoms with Crippen LogP contribution in [-0.2, 0) is 9.47 Å². The number of rotatable bonds is 4. The third kappa shape index (κ3) is 3.46. The van der Waals surface area contributed by atoms with Gasteiger partial charge in [-0.25, -0.2) is 4.98 Å². The number of nitrogens with zero attached hydrogens (tertiary/aromatic N) is 1. The number of halogens is 1. The Hall–Kier alpha value is -2.15. The Kier molecular flexibility index (Phi) is 4.57. The maximum Gasteiger partial charge on any atom is 0.201 e. The molecule has 25 heavy (non-hydrogen) atoms. The van der Waals surface area contributed by atoms with Gasteiger partial charge in [-0.1, -0.05) is 24.3 Å². The highest BCUT2D eigenvalue weighted by Gasteiger charge is 2.29. The van der Waals surface area contributed by atoms with Crippen LogP contribution in [0.5, 0.6) is 11.5 Å². The molecule has 1 aliphatic heterocycles. The molecule has 2 heterocycles. The van der Waals surface area contributed by atoms with Crippen LogP contribution in [0.3, 0.4) is 0 Å². The summed E-state index contributed by atoms with van der Waals surface area (Å²) in [5, 5.41) is 10.8. The first-order chi connectivity index (χ1) is 12.2. The molecule has 5 nitrogen and oxygen atoms in total. The molecule has 4 rings (SSSR count). The molecule has 1 aliphatic rings. The fourth-order valence-electron chi connectivity index (χ4n) is 2.69. The Morgan fingerprint density at radius 2 is 1.92 bits per heavy atom. The number of para-hydroxylation sites is 1. The molecular weight excluding hydrogens is 386 g/mol. The van der Waals surface area contributed by atoms with Gasteiger partial charge in [-0.3, -0.25) is 0 Å². The molecule has 1 aromatic heterocycles. The number of hydrogen-bond acceptors (Lipinski definition) is 5. The zero-order valence-electron chi connectivity index (χ0n) is 13.3. The van der Waals surface area contributed by atoms with Crippen molar-refractivity contribution in [3.63, 3.8) is 0 Å². The van der Waals surface area contributed by atoms with Crippen LogP contribution < -0.4 is 4.74 Å². The van der Waals surface area contributed by atoms with Crippen LogP contribution in [0.15, 0.2) is 59.1 Å². The Morgan fingerprint density at radius 3 is 2.76 bits per heavy atom. The predicted octanol–water partition coefficient (Wildman–Crippen LogP) is 4.20. The van der Waals surface area contributed by atoms with Crippen molar-refractivity contribution in [2.24, 2.45) is 0 Å². The molecule has 0 aliphatic carbocycles. The third-order valence-corrected chi connectivity index (χ3v) is 4.75. The fraction of sp³-hybridized carbons (Fsp3) is 0.211. The average molecular weight is 402 g/mol. The van der Waals surface area contributed by atoms with Crippen LogP contribution in [0.25, 0.3) is 10.9 Å². The van der Waals surface area contributed by atoms with E-state index in [-0.39, 0.29) is 11.9 Å². The second kappa shape index (κ2) is 7.00. The molecule has 0 amide bonds. The summed E-state index contributed by atoms with van der Waals surface area (Å²) in [4.78, 5) is 4.57. The van der Waals surface area contributed by atoms with Gasteiger partial charge in [-0.2, -0.15) is 0 Å². The Bertz CT molecular complexity index is 887. The molecule has 2 unspecified atom stereocenters. The highest BCUT2D eigenvalue weighted by molar-refractivity contribution is 9.10. The first-order valence-corrected chi connectivity index (χ1v) is 8.73. The van der Waals surface area contributed by atoms with Crippen LogP contribution in [0, 0.1) is 0 Å². The number of phenolic OH excluding ortho intramolecular Hbond substituents is 1. The zero-order chi connectivity index (χ0) is 17.2. The quantitative estimate of drug-likeness (QED) is 0.709. The topological polar surface area (TPSA) is 60.8 Å². The van der Waals surface area contributed by atoms with E-state index in [4.69, 9.17) is 14.2 Å². The molecule has 1 fully saturated rings. The molecule has 6 heteroatoms. The monoisotopic (exact) mass is 401 g/mol. The third-order valence-electron chi connectivity index (χ3n) is 3.97. The van der Waals surface area contributed by atoms with Crippen molar-refractivity contribution in [2.75, 3.05) is 13.2 Å². The lowest BCUT2D eigenvalue weighted by atomic mass is 10.2. The number of pyridine rings is 1. The van der Waals surface area contributed by atoms with E-state index in [9.17, 15) is 5.11 Å². The molecule has 2 atom stereocenters. The molecule has 1 saturated heterocycles. The summed E-state index contributed by atoms with van der Waals surface area (Å²) in [5.41, 5.74) is 1.34. The lowest BCUT2D eigenvalue weighted by Gasteiger charge is -2.13. The van der Waals surface area contributed by atoms with Gasteiger partial charge >= 0.3 is 0 Å². The van der Waals surface area contributed by atoms with E-state index in [0.29, 0.717) is 28.9 Å². The van der Waals surface area contributed by atoms with Gasteiger partial charge in [0.15, 0.2) is 0 Å². The summed E-state index contributed by atoms with van der Waals surface area (Å²) >= 11 is 3.37. The molecule has 1 N–H and O–H groups in total. The number of aromatic nitrogens is 1. The minimum absolute atomic E-state index is 0.152. The number of aromatic hydroxyl groups is 1. The van der Waals surface area contributed by atoms with Crippen molar-refractivity contribution in [1.29, 1.82) is 0 Å². The lowest BCUT2D eigenvalue weighted by molar-refractivity contribution is -0.0685. The summed E-state index contributed by atoms with van der Waals surface area (Å²) in [7, 11) is 0. The number of ether oxygens (including phenoxy) is 3. The van der Waals surface area contributed by atoms with Gasteiger partial charge in [0, 0.05) is 5.39 Å². The van der Waals surface area contributed by atoms with Gasteiger partial charge in [0.05, 0.1) is 22.3 Å². The predicted molar refractivity (Wildman–Crippen MR) is 96.6 cm³/mol. The van der Waals surface area contributed by atoms with Gasteiger partial charge < -0.3 is 19.3 Å². The van der Waals surface area contributed by atoms with E-state index in [1.807, 2.05) is 48.5 Å². The molecule has 2 aromatic carbocycles. The first kappa shape index (κ1) is 16.3. The van der Waals surface area contributed by atoms with E-state index in [1.54, 1.807) is 6.07 Å². The van der Waals surface area contributed by atoms with Crippen molar-refractivity contribution < 1.29 is 19.3 Å². The van der Waals surface area contributed by atoms with E-state index in [0.717, 1.165) is 11.1 Å². The van der Waals surface area contributed by atoms with Gasteiger partial charge in [-0.15, -0.1) is 0 Å². The summed E-state index contributed by atoms with van der Waals surface area (Å²) in [6.07, 6.45) is -0.696. The van der Waals surface area contributed by atoms with Crippen LogP contribution in [0.2, 0.25) is 0 Å². The van der Waals surface area contributed by atoms with Crippen LogP contribution in [0.1, 0.15) is 12.0 Å². The van der Waals surface area contributed by atoms with E-state index in [2.05, 4.69) is 20.9 Å². The molecule has 0 bridgehead atoms. The van der Waals surface area contributed by atoms with E-state index in [1.165, 1.54) is 0 Å². The normalized spacial score (nSPS) is 20.0. The van der Waals surface area contributed by atoms with Gasteiger partial charge in [0.25, 0.3) is 0 Å². The maximum absolute atomic E-state index is 9.83. The van der Waals surface area contributed by atoms with Crippen LogP contribution in [0.4, 0.5) is 0 Å². The second-order valence-corrected chi connectivity index (χ2v) is 6.55. The minimum atomic E-state index is -0.539. The lowest BCUT2D eigenvalue weighted by Crippen LogP contribution is -2.20. The van der Waals surface area contributed by atoms with Crippen molar-refractivity contribution in [3.8, 4) is 11.5 Å². The molecule has 0 spiro atoms. The fourth-order valence-corrected chi connectivity index (χ4v) is 3.14. The molecule has 0 saturated carbocycles. The summed E-state index contributed by atoms with van der Waals surface area (Å²) < 4.78 is 17.9. The molecule has 0 radical (unpaired) electrons. The summed E-state index contributed by atoms with van der Waals surface area (Å²) in [5.74, 6) is 0.956. The largest absolute Gasteiger partial charge is 0.507 e. The first-order valence-electron chi connectivity index (χ1n) is 7.94. The van der Waals surface area contributed by atoms with Crippen LogP contribution in [-0.4, -0.2) is 29.4 Å². The van der Waals surface area contributed by atoms with Gasteiger partial charge in [-0.05, 0) is 46.3 Å². The molecule has 128 valence electrons. The Morgan fingerprint density at radius 1 is 1.12 bits per heavy atom. The van der Waals surface area contributed by atoms with E-state index < -0.39 is 6.29 Å². The number of phenols is 1. The van der Waals surface area contributed by atoms with Crippen LogP contribution >= 0.6 is 15.9 Å². The van der Waals surface area contributed by atoms with Crippen molar-refractivity contribution >= 4 is 26.8 Å². The second-order valence-electron chi connectivity index (χ2n) is 5.75. The molecular formula is C19H16BrNO4. The highest BCUT2D eigenvalue weighted by Crippen LogP contribution is 2.33. The Balaban J connectivity index is 1.46. The number of hydrogen-bond donors (Lipinski definition) is 1. The van der Waals surface area contributed by atoms with Crippen molar-refractivity contribution in [3.05, 3.63) is 64.8 Å². The van der Waals surface area contributed by atoms with Crippen molar-refractivity contribution in [1.82, 2.24) is 4.98 Å². The van der Waals surface area contributed by atoms with Gasteiger partial charge in [0.2, 0.25) is 6.29 Å². The average Bonchev–Trinajstić information content (AvgIpc) is 3.13. The van der Waals surface area contributed by atoms with Gasteiger partial charge in [0.1, 0.15) is 24.2 Å². The minimum Gasteiger partial charge on any atom is -0.507 e. The maximum atomic E-state index is 9.83. The Labute approximate surface area is 153 Å². The summed E-state index contributed by atoms with van der Waals surface area (Å²) in [6, 6.07) is 16.9. The number of benzene rings is 2. The summed E-state index contributed by atoms with van der Waals surface area (Å²) in [6.45, 7) is 0.858. The van der Waals surface area contributed by atoms with E-state index >= 15 is 0 Å². The smallest absolute Gasteiger partial charge is 0.201 e. The SMILES string of the molecule is Oc1ccc2ccc(C3OCC(COc4ccccc4)O3)nc2c1Br. The van der Waals surface area contributed by atoms with Crippen molar-refractivity contribution in [2.45, 2.75) is 12.4 Å². The standard InChI is InChI=1S/C19H16BrNO4/c20-17-16(22)9-7-12-6-8-15(21-18(12)17)19-24-11-14(25-19)10-23-13-4-2-1-3-5-13/h1-9,14,19,22H,10-11H2. The highest BCUT2D eigenvalue weighted by atomic mass is 79.9. The number of fused-ring (bicyclic) bond motifs is 1. The molecule has 3 aromatic rings.